The summed E-state index contributed by atoms with van der Waals surface area (Å²) in [5.74, 6) is 0.615. The predicted molar refractivity (Wildman–Crippen MR) is 120 cm³/mol. The Kier molecular flexibility index (Phi) is 14.9. The number of nitrogens with one attached hydrogen (secondary N) is 1. The molecule has 0 aliphatic carbocycles. The molecule has 0 radical (unpaired) electrons. The molecule has 0 saturated heterocycles. The topological polar surface area (TPSA) is 32.3 Å². The van der Waals surface area contributed by atoms with Crippen molar-refractivity contribution in [1.29, 1.82) is 0 Å². The molecule has 0 rings (SSSR count). The van der Waals surface area contributed by atoms with E-state index in [-0.39, 0.29) is 5.91 Å². The average Bonchev–Trinajstić information content (AvgIpc) is 2.53. The Morgan fingerprint density at radius 1 is 0.926 bits per heavy atom. The van der Waals surface area contributed by atoms with Crippen molar-refractivity contribution in [3.05, 3.63) is 34.9 Å². The summed E-state index contributed by atoms with van der Waals surface area (Å²) < 4.78 is 0. The van der Waals surface area contributed by atoms with Gasteiger partial charge in [0.2, 0.25) is 5.91 Å². The average molecular weight is 377 g/mol. The summed E-state index contributed by atoms with van der Waals surface area (Å²) in [6.07, 6.45) is 14.4. The third-order valence-corrected chi connectivity index (χ3v) is 4.69. The van der Waals surface area contributed by atoms with Crippen LogP contribution < -0.4 is 5.32 Å². The monoisotopic (exact) mass is 376 g/mol. The first-order chi connectivity index (χ1) is 12.7. The molecule has 3 heteroatoms. The maximum absolute atomic E-state index is 11.9. The molecule has 0 aliphatic heterocycles. The Morgan fingerprint density at radius 2 is 1.48 bits per heavy atom. The molecule has 0 heterocycles. The molecule has 1 unspecified atom stereocenters. The van der Waals surface area contributed by atoms with Gasteiger partial charge in [-0.15, -0.1) is 0 Å². The number of allylic oxidation sites excluding steroid dienone is 6. The Hall–Kier alpha value is -1.35. The molecule has 0 spiro atoms. The zero-order chi connectivity index (χ0) is 20.7. The van der Waals surface area contributed by atoms with E-state index in [4.69, 9.17) is 0 Å². The first-order valence-corrected chi connectivity index (χ1v) is 10.6. The van der Waals surface area contributed by atoms with Crippen LogP contribution in [0.2, 0.25) is 0 Å². The molecule has 1 atom stereocenters. The van der Waals surface area contributed by atoms with Gasteiger partial charge in [-0.2, -0.15) is 0 Å². The molecule has 0 fully saturated rings. The van der Waals surface area contributed by atoms with Crippen LogP contribution >= 0.6 is 0 Å². The first-order valence-electron chi connectivity index (χ1n) is 10.6. The van der Waals surface area contributed by atoms with Crippen LogP contribution in [0, 0.1) is 5.92 Å². The van der Waals surface area contributed by atoms with Gasteiger partial charge in [0.25, 0.3) is 0 Å². The molecular formula is C24H44N2O. The van der Waals surface area contributed by atoms with Gasteiger partial charge in [-0.25, -0.2) is 0 Å². The molecule has 1 N–H and O–H groups in total. The van der Waals surface area contributed by atoms with Crippen molar-refractivity contribution in [3.8, 4) is 0 Å². The molecule has 0 aromatic carbocycles. The van der Waals surface area contributed by atoms with Crippen LogP contribution in [0.15, 0.2) is 34.9 Å². The second kappa shape index (κ2) is 15.7. The highest BCUT2D eigenvalue weighted by Gasteiger charge is 2.08. The highest BCUT2D eigenvalue weighted by molar-refractivity contribution is 5.76. The van der Waals surface area contributed by atoms with Gasteiger partial charge >= 0.3 is 0 Å². The molecule has 156 valence electrons. The lowest BCUT2D eigenvalue weighted by atomic mass is 9.99. The van der Waals surface area contributed by atoms with Crippen LogP contribution in [0.25, 0.3) is 0 Å². The lowest BCUT2D eigenvalue weighted by molar-refractivity contribution is -0.121. The van der Waals surface area contributed by atoms with E-state index in [2.05, 4.69) is 63.1 Å². The Morgan fingerprint density at radius 3 is 2.04 bits per heavy atom. The number of nitrogens with zero attached hydrogens (tertiary/aromatic N) is 1. The van der Waals surface area contributed by atoms with E-state index < -0.39 is 0 Å². The van der Waals surface area contributed by atoms with E-state index >= 15 is 0 Å². The minimum absolute atomic E-state index is 0.179. The van der Waals surface area contributed by atoms with Crippen LogP contribution in [0.5, 0.6) is 0 Å². The van der Waals surface area contributed by atoms with Crippen molar-refractivity contribution in [2.24, 2.45) is 5.92 Å². The number of carbonyl (C=O) groups is 1. The molecular weight excluding hydrogens is 332 g/mol. The zero-order valence-electron chi connectivity index (χ0n) is 19.0. The first kappa shape index (κ1) is 25.6. The molecule has 0 aromatic heterocycles. The largest absolute Gasteiger partial charge is 0.355 e. The molecule has 27 heavy (non-hydrogen) atoms. The van der Waals surface area contributed by atoms with E-state index in [1.165, 1.54) is 23.1 Å². The van der Waals surface area contributed by atoms with E-state index in [0.717, 1.165) is 45.2 Å². The number of carbonyl (C=O) groups excluding carboxylic acids is 1. The minimum atomic E-state index is 0.179. The molecule has 0 saturated carbocycles. The van der Waals surface area contributed by atoms with Gasteiger partial charge in [0.1, 0.15) is 0 Å². The number of likely N-dealkylation sites (N-methyl/N-ethyl adjacent to an activating group) is 1. The maximum Gasteiger partial charge on any atom is 0.220 e. The molecule has 0 aromatic rings. The third kappa shape index (κ3) is 17.8. The van der Waals surface area contributed by atoms with Crippen molar-refractivity contribution in [2.45, 2.75) is 79.6 Å². The number of hydrogen-bond donors (Lipinski definition) is 1. The van der Waals surface area contributed by atoms with E-state index in [1.54, 1.807) is 0 Å². The fourth-order valence-electron chi connectivity index (χ4n) is 2.86. The highest BCUT2D eigenvalue weighted by atomic mass is 16.1. The van der Waals surface area contributed by atoms with Crippen LogP contribution in [0.4, 0.5) is 0 Å². The lowest BCUT2D eigenvalue weighted by Gasteiger charge is -2.13. The van der Waals surface area contributed by atoms with Gasteiger partial charge < -0.3 is 10.2 Å². The van der Waals surface area contributed by atoms with E-state index in [9.17, 15) is 4.79 Å². The summed E-state index contributed by atoms with van der Waals surface area (Å²) in [5.41, 5.74) is 4.36. The summed E-state index contributed by atoms with van der Waals surface area (Å²) in [6.45, 7) is 12.6. The summed E-state index contributed by atoms with van der Waals surface area (Å²) in [4.78, 5) is 14.0. The van der Waals surface area contributed by atoms with Crippen molar-refractivity contribution in [1.82, 2.24) is 10.2 Å². The summed E-state index contributed by atoms with van der Waals surface area (Å²) in [7, 11) is 4.04. The fraction of sp³-hybridized carbons (Fsp3) is 0.708. The van der Waals surface area contributed by atoms with E-state index in [0.29, 0.717) is 12.3 Å². The normalized spacial score (nSPS) is 13.6. The predicted octanol–water partition coefficient (Wildman–Crippen LogP) is 5.89. The summed E-state index contributed by atoms with van der Waals surface area (Å²) in [5, 5.41) is 3.00. The summed E-state index contributed by atoms with van der Waals surface area (Å²) in [6, 6.07) is 0. The number of rotatable bonds is 14. The summed E-state index contributed by atoms with van der Waals surface area (Å²) >= 11 is 0. The van der Waals surface area contributed by atoms with Gasteiger partial charge in [-0.05, 0) is 86.2 Å². The van der Waals surface area contributed by atoms with Crippen LogP contribution in [-0.2, 0) is 4.79 Å². The number of hydrogen-bond acceptors (Lipinski definition) is 2. The standard InChI is InChI=1S/C24H44N2O/c1-20(2)11-8-12-21(3)13-9-14-22(4)15-10-16-23(5)19-24(27)25-17-18-26(6)7/h11,13,15,23H,8-10,12,14,16-19H2,1-7H3,(H,25,27)/b21-13+,22-15+. The minimum Gasteiger partial charge on any atom is -0.355 e. The van der Waals surface area contributed by atoms with Crippen molar-refractivity contribution < 1.29 is 4.79 Å². The van der Waals surface area contributed by atoms with Crippen LogP contribution in [-0.4, -0.2) is 38.0 Å². The zero-order valence-corrected chi connectivity index (χ0v) is 19.0. The van der Waals surface area contributed by atoms with Crippen molar-refractivity contribution in [3.63, 3.8) is 0 Å². The molecule has 0 bridgehead atoms. The second-order valence-corrected chi connectivity index (χ2v) is 8.50. The smallest absolute Gasteiger partial charge is 0.220 e. The van der Waals surface area contributed by atoms with E-state index in [1.807, 2.05) is 14.1 Å². The van der Waals surface area contributed by atoms with Gasteiger partial charge in [-0.1, -0.05) is 41.9 Å². The van der Waals surface area contributed by atoms with Gasteiger partial charge in [0.05, 0.1) is 0 Å². The van der Waals surface area contributed by atoms with Gasteiger partial charge in [-0.3, -0.25) is 4.79 Å². The van der Waals surface area contributed by atoms with Crippen LogP contribution in [0.3, 0.4) is 0 Å². The van der Waals surface area contributed by atoms with Gasteiger partial charge in [0, 0.05) is 19.5 Å². The molecule has 0 aliphatic rings. The quantitative estimate of drug-likeness (QED) is 0.383. The third-order valence-electron chi connectivity index (χ3n) is 4.69. The SMILES string of the molecule is CC(C)=CCC/C(C)=C/CC/C(C)=C/CCC(C)CC(=O)NCCN(C)C. The Bertz CT molecular complexity index is 497. The lowest BCUT2D eigenvalue weighted by Crippen LogP contribution is -2.32. The highest BCUT2D eigenvalue weighted by Crippen LogP contribution is 2.15. The van der Waals surface area contributed by atoms with Crippen LogP contribution in [0.1, 0.15) is 79.6 Å². The Balaban J connectivity index is 3.94. The maximum atomic E-state index is 11.9. The van der Waals surface area contributed by atoms with Gasteiger partial charge in [0.15, 0.2) is 0 Å². The van der Waals surface area contributed by atoms with Crippen molar-refractivity contribution >= 4 is 5.91 Å². The van der Waals surface area contributed by atoms with Crippen molar-refractivity contribution in [2.75, 3.05) is 27.2 Å². The fourth-order valence-corrected chi connectivity index (χ4v) is 2.86. The molecule has 3 nitrogen and oxygen atoms in total. The number of amides is 1. The Labute approximate surface area is 169 Å². The molecule has 1 amide bonds. The second-order valence-electron chi connectivity index (χ2n) is 8.50.